The average Bonchev–Trinajstić information content (AvgIpc) is 2.47. The number of rotatable bonds is 6. The molecule has 0 spiro atoms. The molecule has 1 atom stereocenters. The highest BCUT2D eigenvalue weighted by atomic mass is 16.5. The van der Waals surface area contributed by atoms with Crippen LogP contribution in [0.3, 0.4) is 0 Å². The van der Waals surface area contributed by atoms with Gasteiger partial charge in [-0.15, -0.1) is 0 Å². The highest BCUT2D eigenvalue weighted by Gasteiger charge is 2.14. The van der Waals surface area contributed by atoms with Crippen LogP contribution < -0.4 is 15.2 Å². The van der Waals surface area contributed by atoms with Crippen LogP contribution in [0.4, 0.5) is 0 Å². The van der Waals surface area contributed by atoms with Gasteiger partial charge >= 0.3 is 0 Å². The average molecular weight is 285 g/mol. The number of hydrogen-bond donors (Lipinski definition) is 1. The Morgan fingerprint density at radius 3 is 2.52 bits per heavy atom. The van der Waals surface area contributed by atoms with Crippen LogP contribution in [0.5, 0.6) is 11.5 Å². The summed E-state index contributed by atoms with van der Waals surface area (Å²) in [6.45, 7) is 6.62. The summed E-state index contributed by atoms with van der Waals surface area (Å²) < 4.78 is 11.4. The third-order valence-corrected chi connectivity index (χ3v) is 3.14. The van der Waals surface area contributed by atoms with Crippen LogP contribution in [0, 0.1) is 0 Å². The fraction of sp³-hybridized carbons (Fsp3) is 0.333. The van der Waals surface area contributed by atoms with E-state index < -0.39 is 0 Å². The third kappa shape index (κ3) is 3.99. The minimum absolute atomic E-state index is 0.146. The minimum atomic E-state index is -0.233. The number of para-hydroxylation sites is 1. The fourth-order valence-corrected chi connectivity index (χ4v) is 2.26. The van der Waals surface area contributed by atoms with Gasteiger partial charge in [-0.1, -0.05) is 30.3 Å². The van der Waals surface area contributed by atoms with Crippen molar-refractivity contribution in [3.05, 3.63) is 59.7 Å². The van der Waals surface area contributed by atoms with E-state index in [1.54, 1.807) is 0 Å². The van der Waals surface area contributed by atoms with Crippen molar-refractivity contribution in [2.24, 2.45) is 5.73 Å². The molecule has 21 heavy (non-hydrogen) atoms. The summed E-state index contributed by atoms with van der Waals surface area (Å²) in [6, 6.07) is 15.6. The van der Waals surface area contributed by atoms with E-state index in [9.17, 15) is 0 Å². The molecular formula is C18H23NO2. The van der Waals surface area contributed by atoms with Gasteiger partial charge in [-0.2, -0.15) is 0 Å². The van der Waals surface area contributed by atoms with Crippen molar-refractivity contribution < 1.29 is 9.47 Å². The Bertz CT molecular complexity index is 581. The lowest BCUT2D eigenvalue weighted by atomic mass is 9.98. The van der Waals surface area contributed by atoms with Gasteiger partial charge in [0.2, 0.25) is 0 Å². The van der Waals surface area contributed by atoms with Crippen LogP contribution in [0.25, 0.3) is 0 Å². The van der Waals surface area contributed by atoms with Gasteiger partial charge in [0.15, 0.2) is 0 Å². The number of hydrogen-bond acceptors (Lipinski definition) is 3. The highest BCUT2D eigenvalue weighted by Crippen LogP contribution is 2.30. The molecule has 0 aliphatic carbocycles. The van der Waals surface area contributed by atoms with Crippen molar-refractivity contribution in [1.29, 1.82) is 0 Å². The molecule has 0 saturated carbocycles. The molecule has 112 valence electrons. The van der Waals surface area contributed by atoms with Crippen LogP contribution >= 0.6 is 0 Å². The van der Waals surface area contributed by atoms with Crippen LogP contribution in [0.1, 0.15) is 37.9 Å². The maximum Gasteiger partial charge on any atom is 0.124 e. The summed E-state index contributed by atoms with van der Waals surface area (Å²) in [5.74, 6) is 1.68. The topological polar surface area (TPSA) is 44.5 Å². The van der Waals surface area contributed by atoms with Crippen LogP contribution in [-0.4, -0.2) is 12.7 Å². The van der Waals surface area contributed by atoms with Gasteiger partial charge in [-0.05, 0) is 44.5 Å². The molecule has 3 heteroatoms. The van der Waals surface area contributed by atoms with Crippen LogP contribution in [-0.2, 0) is 0 Å². The van der Waals surface area contributed by atoms with Crippen molar-refractivity contribution in [1.82, 2.24) is 0 Å². The van der Waals surface area contributed by atoms with E-state index in [1.165, 1.54) is 0 Å². The zero-order valence-electron chi connectivity index (χ0n) is 12.9. The lowest BCUT2D eigenvalue weighted by Crippen LogP contribution is -2.14. The molecule has 0 aliphatic heterocycles. The standard InChI is InChI=1S/C18H23NO2/c1-4-20-17-11-6-5-10-16(17)18(19)14-8-7-9-15(12-14)21-13(2)3/h5-13,18H,4,19H2,1-3H3. The second-order valence-electron chi connectivity index (χ2n) is 5.19. The Morgan fingerprint density at radius 2 is 1.81 bits per heavy atom. The highest BCUT2D eigenvalue weighted by molar-refractivity contribution is 5.43. The first kappa shape index (κ1) is 15.4. The van der Waals surface area contributed by atoms with Crippen molar-refractivity contribution in [2.45, 2.75) is 32.9 Å². The predicted octanol–water partition coefficient (Wildman–Crippen LogP) is 3.92. The Hall–Kier alpha value is -2.00. The molecular weight excluding hydrogens is 262 g/mol. The summed E-state index contributed by atoms with van der Waals surface area (Å²) in [6.07, 6.45) is 0.146. The maximum absolute atomic E-state index is 6.41. The summed E-state index contributed by atoms with van der Waals surface area (Å²) in [4.78, 5) is 0. The summed E-state index contributed by atoms with van der Waals surface area (Å²) in [7, 11) is 0. The van der Waals surface area contributed by atoms with E-state index in [-0.39, 0.29) is 12.1 Å². The van der Waals surface area contributed by atoms with E-state index in [0.29, 0.717) is 6.61 Å². The van der Waals surface area contributed by atoms with Crippen molar-refractivity contribution in [3.8, 4) is 11.5 Å². The van der Waals surface area contributed by atoms with E-state index >= 15 is 0 Å². The van der Waals surface area contributed by atoms with E-state index in [4.69, 9.17) is 15.2 Å². The lowest BCUT2D eigenvalue weighted by Gasteiger charge is -2.18. The van der Waals surface area contributed by atoms with E-state index in [1.807, 2.05) is 69.3 Å². The van der Waals surface area contributed by atoms with Crippen molar-refractivity contribution in [2.75, 3.05) is 6.61 Å². The molecule has 0 bridgehead atoms. The van der Waals surface area contributed by atoms with Gasteiger partial charge in [0.05, 0.1) is 18.8 Å². The maximum atomic E-state index is 6.41. The second kappa shape index (κ2) is 7.14. The Kier molecular flexibility index (Phi) is 5.23. The summed E-state index contributed by atoms with van der Waals surface area (Å²) in [5, 5.41) is 0. The largest absolute Gasteiger partial charge is 0.494 e. The molecule has 0 radical (unpaired) electrons. The van der Waals surface area contributed by atoms with Gasteiger partial charge in [0.25, 0.3) is 0 Å². The first-order chi connectivity index (χ1) is 10.1. The van der Waals surface area contributed by atoms with E-state index in [0.717, 1.165) is 22.6 Å². The van der Waals surface area contributed by atoms with Gasteiger partial charge in [0.1, 0.15) is 11.5 Å². The van der Waals surface area contributed by atoms with E-state index in [2.05, 4.69) is 0 Å². The molecule has 0 saturated heterocycles. The van der Waals surface area contributed by atoms with Crippen LogP contribution in [0.15, 0.2) is 48.5 Å². The molecule has 1 unspecified atom stereocenters. The van der Waals surface area contributed by atoms with Gasteiger partial charge in [-0.25, -0.2) is 0 Å². The third-order valence-electron chi connectivity index (χ3n) is 3.14. The van der Waals surface area contributed by atoms with Crippen LogP contribution in [0.2, 0.25) is 0 Å². The number of nitrogens with two attached hydrogens (primary N) is 1. The summed E-state index contributed by atoms with van der Waals surface area (Å²) in [5.41, 5.74) is 8.41. The normalized spacial score (nSPS) is 12.2. The molecule has 0 amide bonds. The Labute approximate surface area is 126 Å². The molecule has 2 N–H and O–H groups in total. The smallest absolute Gasteiger partial charge is 0.124 e. The minimum Gasteiger partial charge on any atom is -0.494 e. The molecule has 2 rings (SSSR count). The second-order valence-corrected chi connectivity index (χ2v) is 5.19. The molecule has 0 aliphatic rings. The van der Waals surface area contributed by atoms with Gasteiger partial charge in [-0.3, -0.25) is 0 Å². The quantitative estimate of drug-likeness (QED) is 0.875. The number of ether oxygens (including phenoxy) is 2. The van der Waals surface area contributed by atoms with Crippen molar-refractivity contribution in [3.63, 3.8) is 0 Å². The fourth-order valence-electron chi connectivity index (χ4n) is 2.26. The zero-order valence-corrected chi connectivity index (χ0v) is 12.9. The first-order valence-corrected chi connectivity index (χ1v) is 7.35. The summed E-state index contributed by atoms with van der Waals surface area (Å²) >= 11 is 0. The molecule has 0 heterocycles. The predicted molar refractivity (Wildman–Crippen MR) is 85.8 cm³/mol. The molecule has 0 aromatic heterocycles. The SMILES string of the molecule is CCOc1ccccc1C(N)c1cccc(OC(C)C)c1. The molecule has 2 aromatic carbocycles. The lowest BCUT2D eigenvalue weighted by molar-refractivity contribution is 0.242. The molecule has 2 aromatic rings. The molecule has 3 nitrogen and oxygen atoms in total. The zero-order chi connectivity index (χ0) is 15.2. The monoisotopic (exact) mass is 285 g/mol. The Morgan fingerprint density at radius 1 is 1.05 bits per heavy atom. The van der Waals surface area contributed by atoms with Gasteiger partial charge in [0, 0.05) is 5.56 Å². The first-order valence-electron chi connectivity index (χ1n) is 7.35. The van der Waals surface area contributed by atoms with Crippen molar-refractivity contribution >= 4 is 0 Å². The Balaban J connectivity index is 2.29. The molecule has 0 fully saturated rings. The van der Waals surface area contributed by atoms with Gasteiger partial charge < -0.3 is 15.2 Å². The number of benzene rings is 2.